The maximum atomic E-state index is 12.3. The maximum Gasteiger partial charge on any atom is 0.220 e. The number of fused-ring (bicyclic) bond motifs is 3. The van der Waals surface area contributed by atoms with E-state index in [1.165, 1.54) is 36.6 Å². The van der Waals surface area contributed by atoms with Crippen molar-refractivity contribution < 1.29 is 4.79 Å². The molecule has 2 bridgehead atoms. The highest BCUT2D eigenvalue weighted by atomic mass is 16.1. The quantitative estimate of drug-likeness (QED) is 0.860. The van der Waals surface area contributed by atoms with Gasteiger partial charge in [0.15, 0.2) is 0 Å². The van der Waals surface area contributed by atoms with Crippen molar-refractivity contribution in [2.45, 2.75) is 51.5 Å². The first-order valence-electron chi connectivity index (χ1n) is 9.05. The van der Waals surface area contributed by atoms with Gasteiger partial charge < -0.3 is 10.3 Å². The summed E-state index contributed by atoms with van der Waals surface area (Å²) in [6.45, 7) is 2.20. The Morgan fingerprint density at radius 1 is 1.30 bits per heavy atom. The van der Waals surface area contributed by atoms with Crippen LogP contribution in [0.2, 0.25) is 0 Å². The molecule has 2 fully saturated rings. The van der Waals surface area contributed by atoms with Gasteiger partial charge in [0.05, 0.1) is 0 Å². The van der Waals surface area contributed by atoms with Gasteiger partial charge in [-0.2, -0.15) is 0 Å². The third kappa shape index (κ3) is 2.89. The summed E-state index contributed by atoms with van der Waals surface area (Å²) in [5.74, 6) is 2.72. The van der Waals surface area contributed by atoms with Crippen LogP contribution in [0.15, 0.2) is 30.5 Å². The number of H-pyrrole nitrogens is 1. The monoisotopic (exact) mass is 310 g/mol. The number of aromatic nitrogens is 1. The number of para-hydroxylation sites is 1. The lowest BCUT2D eigenvalue weighted by atomic mass is 9.84. The summed E-state index contributed by atoms with van der Waals surface area (Å²) < 4.78 is 0. The van der Waals surface area contributed by atoms with Gasteiger partial charge in [0, 0.05) is 29.6 Å². The average molecular weight is 310 g/mol. The Bertz CT molecular complexity index is 704. The standard InChI is InChI=1S/C20H26N2O/c1-13(18-11-14-6-7-15(18)10-14)22-20(23)9-8-16-12-21-19-5-3-2-4-17(16)19/h2-5,12-15,18,21H,6-11H2,1H3,(H,22,23)/t13-,14-,15-,18+/m1/s1. The fourth-order valence-electron chi connectivity index (χ4n) is 4.93. The van der Waals surface area contributed by atoms with E-state index in [2.05, 4.69) is 35.4 Å². The fraction of sp³-hybridized carbons (Fsp3) is 0.550. The largest absolute Gasteiger partial charge is 0.361 e. The number of aryl methyl sites for hydroxylation is 1. The number of carbonyl (C=O) groups excluding carboxylic acids is 1. The van der Waals surface area contributed by atoms with E-state index >= 15 is 0 Å². The molecule has 4 atom stereocenters. The molecule has 1 aromatic heterocycles. The van der Waals surface area contributed by atoms with E-state index in [1.54, 1.807) is 0 Å². The Labute approximate surface area is 137 Å². The number of hydrogen-bond donors (Lipinski definition) is 2. The lowest BCUT2D eigenvalue weighted by Crippen LogP contribution is -2.40. The smallest absolute Gasteiger partial charge is 0.220 e. The first kappa shape index (κ1) is 14.8. The van der Waals surface area contributed by atoms with Crippen molar-refractivity contribution in [2.75, 3.05) is 0 Å². The van der Waals surface area contributed by atoms with Gasteiger partial charge in [-0.25, -0.2) is 0 Å². The van der Waals surface area contributed by atoms with E-state index in [4.69, 9.17) is 0 Å². The zero-order valence-corrected chi connectivity index (χ0v) is 13.8. The Kier molecular flexibility index (Phi) is 3.88. The minimum absolute atomic E-state index is 0.200. The van der Waals surface area contributed by atoms with Crippen LogP contribution in [0.5, 0.6) is 0 Å². The molecule has 1 aromatic carbocycles. The van der Waals surface area contributed by atoms with Gasteiger partial charge in [0.25, 0.3) is 0 Å². The van der Waals surface area contributed by atoms with Crippen molar-refractivity contribution in [2.24, 2.45) is 17.8 Å². The molecule has 4 rings (SSSR count). The molecule has 2 aliphatic carbocycles. The zero-order valence-electron chi connectivity index (χ0n) is 13.8. The summed E-state index contributed by atoms with van der Waals surface area (Å²) in [5, 5.41) is 4.51. The normalized spacial score (nSPS) is 27.4. The molecule has 1 amide bonds. The van der Waals surface area contributed by atoms with E-state index < -0.39 is 0 Å². The minimum Gasteiger partial charge on any atom is -0.361 e. The number of nitrogens with one attached hydrogen (secondary N) is 2. The van der Waals surface area contributed by atoms with Gasteiger partial charge in [-0.05, 0) is 62.0 Å². The van der Waals surface area contributed by atoms with E-state index in [0.717, 1.165) is 23.8 Å². The fourth-order valence-corrected chi connectivity index (χ4v) is 4.93. The van der Waals surface area contributed by atoms with Crippen LogP contribution in [-0.4, -0.2) is 16.9 Å². The van der Waals surface area contributed by atoms with Crippen LogP contribution in [0.25, 0.3) is 10.9 Å². The molecule has 3 nitrogen and oxygen atoms in total. The molecule has 0 spiro atoms. The van der Waals surface area contributed by atoms with Crippen LogP contribution < -0.4 is 5.32 Å². The molecule has 2 aromatic rings. The Balaban J connectivity index is 1.32. The van der Waals surface area contributed by atoms with Crippen molar-refractivity contribution in [3.05, 3.63) is 36.0 Å². The molecule has 2 saturated carbocycles. The van der Waals surface area contributed by atoms with Crippen molar-refractivity contribution >= 4 is 16.8 Å². The predicted molar refractivity (Wildman–Crippen MR) is 93.2 cm³/mol. The van der Waals surface area contributed by atoms with Gasteiger partial charge in [-0.1, -0.05) is 24.6 Å². The molecule has 23 heavy (non-hydrogen) atoms. The highest BCUT2D eigenvalue weighted by molar-refractivity contribution is 5.84. The summed E-state index contributed by atoms with van der Waals surface area (Å²) >= 11 is 0. The van der Waals surface area contributed by atoms with E-state index in [-0.39, 0.29) is 5.91 Å². The Hall–Kier alpha value is -1.77. The average Bonchev–Trinajstić information content (AvgIpc) is 3.28. The highest BCUT2D eigenvalue weighted by Crippen LogP contribution is 2.49. The third-order valence-corrected chi connectivity index (χ3v) is 6.12. The number of carbonyl (C=O) groups is 1. The predicted octanol–water partition coefficient (Wildman–Crippen LogP) is 4.04. The van der Waals surface area contributed by atoms with E-state index in [9.17, 15) is 4.79 Å². The lowest BCUT2D eigenvalue weighted by Gasteiger charge is -2.28. The Morgan fingerprint density at radius 2 is 2.17 bits per heavy atom. The molecule has 1 heterocycles. The van der Waals surface area contributed by atoms with Crippen LogP contribution in [0.4, 0.5) is 0 Å². The third-order valence-electron chi connectivity index (χ3n) is 6.12. The molecule has 2 aliphatic rings. The first-order chi connectivity index (χ1) is 11.2. The number of aromatic amines is 1. The SMILES string of the molecule is C[C@@H](NC(=O)CCc1c[nH]c2ccccc12)[C@@H]1C[C@@H]2CC[C@@H]1C2. The second-order valence-electron chi connectivity index (χ2n) is 7.55. The molecule has 0 aliphatic heterocycles. The van der Waals surface area contributed by atoms with Gasteiger partial charge >= 0.3 is 0 Å². The number of rotatable bonds is 5. The number of amides is 1. The zero-order chi connectivity index (χ0) is 15.8. The summed E-state index contributed by atoms with van der Waals surface area (Å²) in [6, 6.07) is 8.62. The summed E-state index contributed by atoms with van der Waals surface area (Å²) in [4.78, 5) is 15.6. The molecule has 0 saturated heterocycles. The maximum absolute atomic E-state index is 12.3. The van der Waals surface area contributed by atoms with Crippen LogP contribution in [0, 0.1) is 17.8 Å². The second-order valence-corrected chi connectivity index (χ2v) is 7.55. The minimum atomic E-state index is 0.200. The highest BCUT2D eigenvalue weighted by Gasteiger charge is 2.42. The van der Waals surface area contributed by atoms with Crippen LogP contribution in [0.1, 0.15) is 44.6 Å². The molecule has 0 unspecified atom stereocenters. The lowest BCUT2D eigenvalue weighted by molar-refractivity contribution is -0.122. The number of hydrogen-bond acceptors (Lipinski definition) is 1. The summed E-state index contributed by atoms with van der Waals surface area (Å²) in [5.41, 5.74) is 2.39. The van der Waals surface area contributed by atoms with Gasteiger partial charge in [-0.3, -0.25) is 4.79 Å². The van der Waals surface area contributed by atoms with E-state index in [0.29, 0.717) is 18.4 Å². The Morgan fingerprint density at radius 3 is 2.96 bits per heavy atom. The molecule has 2 N–H and O–H groups in total. The van der Waals surface area contributed by atoms with Crippen molar-refractivity contribution in [3.63, 3.8) is 0 Å². The van der Waals surface area contributed by atoms with Crippen LogP contribution >= 0.6 is 0 Å². The summed E-state index contributed by atoms with van der Waals surface area (Å²) in [7, 11) is 0. The molecule has 122 valence electrons. The molecular weight excluding hydrogens is 284 g/mol. The van der Waals surface area contributed by atoms with E-state index in [1.807, 2.05) is 12.3 Å². The first-order valence-corrected chi connectivity index (χ1v) is 9.05. The second kappa shape index (κ2) is 6.03. The molecule has 0 radical (unpaired) electrons. The van der Waals surface area contributed by atoms with Gasteiger partial charge in [0.2, 0.25) is 5.91 Å². The van der Waals surface area contributed by atoms with Crippen LogP contribution in [0.3, 0.4) is 0 Å². The van der Waals surface area contributed by atoms with Crippen molar-refractivity contribution in [3.8, 4) is 0 Å². The molecule has 3 heteroatoms. The topological polar surface area (TPSA) is 44.9 Å². The van der Waals surface area contributed by atoms with Crippen molar-refractivity contribution in [1.29, 1.82) is 0 Å². The number of benzene rings is 1. The molecular formula is C20H26N2O. The van der Waals surface area contributed by atoms with Gasteiger partial charge in [-0.15, -0.1) is 0 Å². The summed E-state index contributed by atoms with van der Waals surface area (Å²) in [6.07, 6.45) is 8.95. The van der Waals surface area contributed by atoms with Crippen molar-refractivity contribution in [1.82, 2.24) is 10.3 Å². The van der Waals surface area contributed by atoms with Crippen LogP contribution in [-0.2, 0) is 11.2 Å². The van der Waals surface area contributed by atoms with Gasteiger partial charge in [0.1, 0.15) is 0 Å².